The average Bonchev–Trinajstić information content (AvgIpc) is 2.45. The number of rotatable bonds is 2. The van der Waals surface area contributed by atoms with Gasteiger partial charge in [-0.15, -0.1) is 0 Å². The number of benzene rings is 2. The van der Waals surface area contributed by atoms with Crippen molar-refractivity contribution in [2.24, 2.45) is 0 Å². The minimum atomic E-state index is -0.463. The van der Waals surface area contributed by atoms with Gasteiger partial charge in [-0.3, -0.25) is 4.79 Å². The second-order valence-corrected chi connectivity index (χ2v) is 5.02. The maximum atomic E-state index is 12.3. The number of carbonyl (C=O) groups excluding carboxylic acids is 1. The summed E-state index contributed by atoms with van der Waals surface area (Å²) in [5.74, 6) is -1.50. The molecule has 0 unspecified atom stereocenters. The molecule has 1 aliphatic carbocycles. The highest BCUT2D eigenvalue weighted by molar-refractivity contribution is 6.26. The third-order valence-corrected chi connectivity index (χ3v) is 3.84. The molecule has 0 saturated heterocycles. The van der Waals surface area contributed by atoms with E-state index in [1.165, 1.54) is 26.4 Å². The van der Waals surface area contributed by atoms with E-state index in [-0.39, 0.29) is 27.8 Å². The average molecular weight is 302 g/mol. The van der Waals surface area contributed by atoms with Crippen LogP contribution < -0.4 is 9.47 Å². The number of ether oxygens (including phenoxy) is 2. The first-order valence-corrected chi connectivity index (χ1v) is 6.50. The van der Waals surface area contributed by atoms with Crippen molar-refractivity contribution < 1.29 is 29.6 Å². The summed E-state index contributed by atoms with van der Waals surface area (Å²) in [6, 6.07) is 1.35. The highest BCUT2D eigenvalue weighted by Crippen LogP contribution is 2.53. The molecule has 0 fully saturated rings. The lowest BCUT2D eigenvalue weighted by Crippen LogP contribution is -2.07. The van der Waals surface area contributed by atoms with Gasteiger partial charge in [0.1, 0.15) is 11.5 Å². The second kappa shape index (κ2) is 4.56. The highest BCUT2D eigenvalue weighted by atomic mass is 16.5. The first-order chi connectivity index (χ1) is 10.4. The first-order valence-electron chi connectivity index (χ1n) is 6.50. The summed E-state index contributed by atoms with van der Waals surface area (Å²) in [7, 11) is 2.69. The Bertz CT molecular complexity index is 863. The maximum Gasteiger partial charge on any atom is 0.204 e. The molecular weight excluding hydrogens is 288 g/mol. The topological polar surface area (TPSA) is 96.2 Å². The molecule has 114 valence electrons. The molecule has 1 aliphatic rings. The molecule has 0 aromatic heterocycles. The summed E-state index contributed by atoms with van der Waals surface area (Å²) < 4.78 is 10.2. The fourth-order valence-corrected chi connectivity index (χ4v) is 2.92. The van der Waals surface area contributed by atoms with Crippen LogP contribution in [-0.2, 0) is 0 Å². The van der Waals surface area contributed by atoms with E-state index in [9.17, 15) is 20.1 Å². The molecule has 6 nitrogen and oxygen atoms in total. The summed E-state index contributed by atoms with van der Waals surface area (Å²) in [6.45, 7) is 1.72. The Morgan fingerprint density at radius 3 is 2.23 bits per heavy atom. The van der Waals surface area contributed by atoms with Crippen LogP contribution in [0, 0.1) is 0 Å². The van der Waals surface area contributed by atoms with E-state index in [4.69, 9.17) is 9.47 Å². The molecule has 3 rings (SSSR count). The molecule has 0 spiro atoms. The maximum absolute atomic E-state index is 12.3. The van der Waals surface area contributed by atoms with Crippen LogP contribution in [0.3, 0.4) is 0 Å². The molecule has 22 heavy (non-hydrogen) atoms. The quantitative estimate of drug-likeness (QED) is 0.789. The molecule has 0 aliphatic heterocycles. The van der Waals surface area contributed by atoms with Crippen molar-refractivity contribution in [2.75, 3.05) is 14.2 Å². The normalized spacial score (nSPS) is 13.2. The SMILES string of the molecule is COc1cc(O)c2c(O)c(OC)c(O)c3c2c1C(C)=CC3=O. The zero-order valence-electron chi connectivity index (χ0n) is 12.2. The van der Waals surface area contributed by atoms with Crippen LogP contribution in [0.1, 0.15) is 22.8 Å². The van der Waals surface area contributed by atoms with Gasteiger partial charge in [-0.25, -0.2) is 0 Å². The zero-order chi connectivity index (χ0) is 16.2. The monoisotopic (exact) mass is 302 g/mol. The van der Waals surface area contributed by atoms with Gasteiger partial charge in [0.05, 0.1) is 25.2 Å². The number of hydrogen-bond acceptors (Lipinski definition) is 6. The van der Waals surface area contributed by atoms with Gasteiger partial charge in [0.15, 0.2) is 17.3 Å². The van der Waals surface area contributed by atoms with Crippen LogP contribution in [0.4, 0.5) is 0 Å². The molecule has 2 aromatic rings. The molecule has 0 saturated carbocycles. The van der Waals surface area contributed by atoms with E-state index < -0.39 is 17.3 Å². The first kappa shape index (κ1) is 14.1. The number of hydrogen-bond donors (Lipinski definition) is 3. The zero-order valence-corrected chi connectivity index (χ0v) is 12.2. The molecule has 0 radical (unpaired) electrons. The molecular formula is C16H14O6. The summed E-state index contributed by atoms with van der Waals surface area (Å²) in [5, 5.41) is 31.1. The number of methoxy groups -OCH3 is 2. The Hall–Kier alpha value is -2.89. The Balaban J connectivity index is 2.67. The van der Waals surface area contributed by atoms with Crippen molar-refractivity contribution in [1.29, 1.82) is 0 Å². The van der Waals surface area contributed by atoms with E-state index in [1.54, 1.807) is 6.92 Å². The smallest absolute Gasteiger partial charge is 0.204 e. The van der Waals surface area contributed by atoms with Crippen LogP contribution in [0.5, 0.6) is 28.7 Å². The summed E-state index contributed by atoms with van der Waals surface area (Å²) in [4.78, 5) is 12.3. The molecule has 0 amide bonds. The van der Waals surface area contributed by atoms with Gasteiger partial charge < -0.3 is 24.8 Å². The Morgan fingerprint density at radius 2 is 1.64 bits per heavy atom. The van der Waals surface area contributed by atoms with Crippen molar-refractivity contribution in [3.05, 3.63) is 23.3 Å². The van der Waals surface area contributed by atoms with Gasteiger partial charge in [-0.2, -0.15) is 0 Å². The fraction of sp³-hybridized carbons (Fsp3) is 0.188. The molecule has 2 aromatic carbocycles. The number of carbonyl (C=O) groups is 1. The van der Waals surface area contributed by atoms with E-state index in [1.807, 2.05) is 0 Å². The predicted octanol–water partition coefficient (Wildman–Crippen LogP) is 2.57. The van der Waals surface area contributed by atoms with Gasteiger partial charge in [0.25, 0.3) is 0 Å². The van der Waals surface area contributed by atoms with Crippen LogP contribution in [0.15, 0.2) is 12.1 Å². The number of ketones is 1. The van der Waals surface area contributed by atoms with Crippen LogP contribution in [0.2, 0.25) is 0 Å². The van der Waals surface area contributed by atoms with Crippen molar-refractivity contribution in [3.63, 3.8) is 0 Å². The Kier molecular flexibility index (Phi) is 2.91. The molecule has 0 atom stereocenters. The van der Waals surface area contributed by atoms with Gasteiger partial charge in [-0.1, -0.05) is 0 Å². The van der Waals surface area contributed by atoms with Gasteiger partial charge in [0, 0.05) is 17.0 Å². The molecule has 3 N–H and O–H groups in total. The van der Waals surface area contributed by atoms with Crippen LogP contribution >= 0.6 is 0 Å². The minimum Gasteiger partial charge on any atom is -0.507 e. The van der Waals surface area contributed by atoms with Crippen molar-refractivity contribution in [1.82, 2.24) is 0 Å². The largest absolute Gasteiger partial charge is 0.507 e. The van der Waals surface area contributed by atoms with E-state index >= 15 is 0 Å². The number of phenols is 3. The Labute approximate surface area is 125 Å². The Morgan fingerprint density at radius 1 is 0.955 bits per heavy atom. The standard InChI is InChI=1S/C16H14O6/c1-6-4-7(17)11-13-10(6)9(21-2)5-8(18)12(13)15(20)16(22-3)14(11)19/h4-5,18-20H,1-3H3. The fourth-order valence-electron chi connectivity index (χ4n) is 2.92. The number of allylic oxidation sites excluding steroid dienone is 2. The summed E-state index contributed by atoms with van der Waals surface area (Å²) in [5.41, 5.74) is 1.13. The van der Waals surface area contributed by atoms with Crippen molar-refractivity contribution >= 4 is 22.1 Å². The number of aromatic hydroxyl groups is 3. The lowest BCUT2D eigenvalue weighted by Gasteiger charge is -2.22. The third-order valence-electron chi connectivity index (χ3n) is 3.84. The molecule has 0 bridgehead atoms. The van der Waals surface area contributed by atoms with Crippen molar-refractivity contribution in [2.45, 2.75) is 6.92 Å². The highest BCUT2D eigenvalue weighted by Gasteiger charge is 2.31. The molecule has 0 heterocycles. The van der Waals surface area contributed by atoms with Crippen molar-refractivity contribution in [3.8, 4) is 28.7 Å². The second-order valence-electron chi connectivity index (χ2n) is 5.02. The predicted molar refractivity (Wildman–Crippen MR) is 80.0 cm³/mol. The van der Waals surface area contributed by atoms with E-state index in [2.05, 4.69) is 0 Å². The third kappa shape index (κ3) is 1.57. The summed E-state index contributed by atoms with van der Waals surface area (Å²) >= 11 is 0. The van der Waals surface area contributed by atoms with E-state index in [0.29, 0.717) is 16.9 Å². The lowest BCUT2D eigenvalue weighted by molar-refractivity contribution is 0.104. The lowest BCUT2D eigenvalue weighted by atomic mass is 9.85. The van der Waals surface area contributed by atoms with Gasteiger partial charge in [0.2, 0.25) is 5.75 Å². The molecule has 6 heteroatoms. The van der Waals surface area contributed by atoms with E-state index in [0.717, 1.165) is 0 Å². The van der Waals surface area contributed by atoms with Gasteiger partial charge in [-0.05, 0) is 18.6 Å². The summed E-state index contributed by atoms with van der Waals surface area (Å²) in [6.07, 6.45) is 1.37. The van der Waals surface area contributed by atoms with Crippen LogP contribution in [0.25, 0.3) is 16.3 Å². The van der Waals surface area contributed by atoms with Crippen LogP contribution in [-0.4, -0.2) is 35.3 Å². The van der Waals surface area contributed by atoms with Gasteiger partial charge >= 0.3 is 0 Å². The minimum absolute atomic E-state index is 0.0283. The number of phenolic OH excluding ortho intramolecular Hbond substituents is 3.